The van der Waals surface area contributed by atoms with Gasteiger partial charge >= 0.3 is 0 Å². The largest absolute Gasteiger partial charge is 0.497 e. The normalized spacial score (nSPS) is 14.9. The van der Waals surface area contributed by atoms with Gasteiger partial charge in [-0.05, 0) is 61.2 Å². The van der Waals surface area contributed by atoms with Gasteiger partial charge in [-0.2, -0.15) is 0 Å². The molecule has 2 aromatic rings. The average molecular weight is 517 g/mol. The van der Waals surface area contributed by atoms with Gasteiger partial charge in [0.2, 0.25) is 5.91 Å². The smallest absolute Gasteiger partial charge is 0.261 e. The SMILES string of the molecule is CCC(C(=O)NC1CCCCC1)N(Cc1ccc(OC)cc1)C(=O)COc1ccc(Br)cc1. The summed E-state index contributed by atoms with van der Waals surface area (Å²) in [5, 5.41) is 3.19. The molecule has 7 heteroatoms. The van der Waals surface area contributed by atoms with E-state index in [9.17, 15) is 9.59 Å². The zero-order chi connectivity index (χ0) is 23.6. The topological polar surface area (TPSA) is 67.9 Å². The maximum atomic E-state index is 13.3. The first-order chi connectivity index (χ1) is 16.0. The van der Waals surface area contributed by atoms with Crippen molar-refractivity contribution in [3.05, 3.63) is 58.6 Å². The minimum atomic E-state index is -0.560. The van der Waals surface area contributed by atoms with Gasteiger partial charge in [0, 0.05) is 17.1 Å². The molecule has 1 atom stereocenters. The number of methoxy groups -OCH3 is 1. The fraction of sp³-hybridized carbons (Fsp3) is 0.462. The predicted molar refractivity (Wildman–Crippen MR) is 132 cm³/mol. The van der Waals surface area contributed by atoms with E-state index in [0.717, 1.165) is 41.5 Å². The van der Waals surface area contributed by atoms with Crippen LogP contribution in [0.3, 0.4) is 0 Å². The van der Waals surface area contributed by atoms with Gasteiger partial charge in [0.05, 0.1) is 7.11 Å². The quantitative estimate of drug-likeness (QED) is 0.477. The second kappa shape index (κ2) is 12.6. The molecule has 1 aliphatic rings. The van der Waals surface area contributed by atoms with Crippen LogP contribution in [-0.2, 0) is 16.1 Å². The van der Waals surface area contributed by atoms with Crippen molar-refractivity contribution in [1.82, 2.24) is 10.2 Å². The molecule has 2 amide bonds. The van der Waals surface area contributed by atoms with Gasteiger partial charge in [-0.15, -0.1) is 0 Å². The van der Waals surface area contributed by atoms with Crippen LogP contribution in [0, 0.1) is 0 Å². The first-order valence-electron chi connectivity index (χ1n) is 11.6. The van der Waals surface area contributed by atoms with Gasteiger partial charge in [0.25, 0.3) is 5.91 Å². The second-order valence-electron chi connectivity index (χ2n) is 8.38. The number of amides is 2. The summed E-state index contributed by atoms with van der Waals surface area (Å²) in [7, 11) is 1.62. The monoisotopic (exact) mass is 516 g/mol. The van der Waals surface area contributed by atoms with Gasteiger partial charge in [0.15, 0.2) is 6.61 Å². The zero-order valence-electron chi connectivity index (χ0n) is 19.4. The number of carbonyl (C=O) groups is 2. The lowest BCUT2D eigenvalue weighted by Gasteiger charge is -2.32. The van der Waals surface area contributed by atoms with Crippen LogP contribution < -0.4 is 14.8 Å². The summed E-state index contributed by atoms with van der Waals surface area (Å²) in [6, 6.07) is 14.5. The Hall–Kier alpha value is -2.54. The summed E-state index contributed by atoms with van der Waals surface area (Å²) >= 11 is 3.40. The highest BCUT2D eigenvalue weighted by molar-refractivity contribution is 9.10. The van der Waals surface area contributed by atoms with Crippen molar-refractivity contribution in [2.24, 2.45) is 0 Å². The van der Waals surface area contributed by atoms with Gasteiger partial charge in [-0.3, -0.25) is 9.59 Å². The fourth-order valence-electron chi connectivity index (χ4n) is 4.15. The molecular weight excluding hydrogens is 484 g/mol. The number of carbonyl (C=O) groups excluding carboxylic acids is 2. The molecule has 1 saturated carbocycles. The van der Waals surface area contributed by atoms with Crippen LogP contribution in [0.2, 0.25) is 0 Å². The maximum absolute atomic E-state index is 13.3. The molecule has 0 saturated heterocycles. The number of ether oxygens (including phenoxy) is 2. The molecule has 1 unspecified atom stereocenters. The predicted octanol–water partition coefficient (Wildman–Crippen LogP) is 5.09. The lowest BCUT2D eigenvalue weighted by Crippen LogP contribution is -2.52. The van der Waals surface area contributed by atoms with Crippen LogP contribution in [0.1, 0.15) is 51.0 Å². The van der Waals surface area contributed by atoms with Crippen LogP contribution in [0.5, 0.6) is 11.5 Å². The molecule has 2 aromatic carbocycles. The molecule has 0 aliphatic heterocycles. The van der Waals surface area contributed by atoms with Crippen molar-refractivity contribution >= 4 is 27.7 Å². The summed E-state index contributed by atoms with van der Waals surface area (Å²) in [5.74, 6) is 1.04. The van der Waals surface area contributed by atoms with Gasteiger partial charge < -0.3 is 19.7 Å². The van der Waals surface area contributed by atoms with E-state index in [-0.39, 0.29) is 24.5 Å². The first kappa shape index (κ1) is 25.1. The van der Waals surface area contributed by atoms with E-state index in [1.54, 1.807) is 24.1 Å². The standard InChI is InChI=1S/C26H33BrN2O4/c1-3-24(26(31)28-21-7-5-4-6-8-21)29(17-19-9-13-22(32-2)14-10-19)25(30)18-33-23-15-11-20(27)12-16-23/h9-16,21,24H,3-8,17-18H2,1-2H3,(H,28,31). The number of halogens is 1. The number of rotatable bonds is 10. The van der Waals surface area contributed by atoms with Crippen LogP contribution in [0.4, 0.5) is 0 Å². The summed E-state index contributed by atoms with van der Waals surface area (Å²) in [4.78, 5) is 28.2. The van der Waals surface area contributed by atoms with E-state index in [2.05, 4.69) is 21.2 Å². The number of hydrogen-bond donors (Lipinski definition) is 1. The summed E-state index contributed by atoms with van der Waals surface area (Å²) in [6.07, 6.45) is 6.02. The number of hydrogen-bond acceptors (Lipinski definition) is 4. The van der Waals surface area contributed by atoms with Crippen LogP contribution in [0.25, 0.3) is 0 Å². The Kier molecular flexibility index (Phi) is 9.61. The van der Waals surface area contributed by atoms with Crippen molar-refractivity contribution in [2.75, 3.05) is 13.7 Å². The lowest BCUT2D eigenvalue weighted by molar-refractivity contribution is -0.143. The van der Waals surface area contributed by atoms with Crippen molar-refractivity contribution in [3.8, 4) is 11.5 Å². The van der Waals surface area contributed by atoms with E-state index < -0.39 is 6.04 Å². The highest BCUT2D eigenvalue weighted by Crippen LogP contribution is 2.21. The summed E-state index contributed by atoms with van der Waals surface area (Å²) in [5.41, 5.74) is 0.928. The van der Waals surface area contributed by atoms with E-state index in [4.69, 9.17) is 9.47 Å². The molecule has 3 rings (SSSR count). The van der Waals surface area contributed by atoms with Gasteiger partial charge in [0.1, 0.15) is 17.5 Å². The van der Waals surface area contributed by atoms with E-state index >= 15 is 0 Å². The minimum absolute atomic E-state index is 0.0881. The molecule has 0 bridgehead atoms. The van der Waals surface area contributed by atoms with Crippen molar-refractivity contribution in [2.45, 2.75) is 64.1 Å². The highest BCUT2D eigenvalue weighted by Gasteiger charge is 2.30. The molecule has 0 radical (unpaired) electrons. The molecule has 6 nitrogen and oxygen atoms in total. The van der Waals surface area contributed by atoms with Crippen LogP contribution in [-0.4, -0.2) is 42.5 Å². The molecule has 1 fully saturated rings. The second-order valence-corrected chi connectivity index (χ2v) is 9.30. The highest BCUT2D eigenvalue weighted by atomic mass is 79.9. The Morgan fingerprint density at radius 3 is 2.27 bits per heavy atom. The maximum Gasteiger partial charge on any atom is 0.261 e. The zero-order valence-corrected chi connectivity index (χ0v) is 21.0. The molecule has 1 N–H and O–H groups in total. The molecular formula is C26H33BrN2O4. The van der Waals surface area contributed by atoms with Crippen molar-refractivity contribution in [3.63, 3.8) is 0 Å². The van der Waals surface area contributed by atoms with Crippen LogP contribution >= 0.6 is 15.9 Å². The fourth-order valence-corrected chi connectivity index (χ4v) is 4.41. The van der Waals surface area contributed by atoms with Gasteiger partial charge in [-0.25, -0.2) is 0 Å². The Labute approximate surface area is 204 Å². The molecule has 0 aromatic heterocycles. The number of benzene rings is 2. The van der Waals surface area contributed by atoms with Crippen molar-refractivity contribution < 1.29 is 19.1 Å². The third kappa shape index (κ3) is 7.49. The molecule has 178 valence electrons. The Morgan fingerprint density at radius 1 is 1.03 bits per heavy atom. The summed E-state index contributed by atoms with van der Waals surface area (Å²) in [6.45, 7) is 2.13. The van der Waals surface area contributed by atoms with Crippen molar-refractivity contribution in [1.29, 1.82) is 0 Å². The number of nitrogens with zero attached hydrogens (tertiary/aromatic N) is 1. The van der Waals surface area contributed by atoms with E-state index in [0.29, 0.717) is 18.7 Å². The Balaban J connectivity index is 1.74. The minimum Gasteiger partial charge on any atom is -0.497 e. The van der Waals surface area contributed by atoms with E-state index in [1.165, 1.54) is 6.42 Å². The van der Waals surface area contributed by atoms with Gasteiger partial charge in [-0.1, -0.05) is 54.2 Å². The average Bonchev–Trinajstić information content (AvgIpc) is 2.84. The summed E-state index contributed by atoms with van der Waals surface area (Å²) < 4.78 is 11.9. The molecule has 0 spiro atoms. The third-order valence-corrected chi connectivity index (χ3v) is 6.55. The molecule has 0 heterocycles. The lowest BCUT2D eigenvalue weighted by atomic mass is 9.95. The first-order valence-corrected chi connectivity index (χ1v) is 12.4. The Morgan fingerprint density at radius 2 is 1.67 bits per heavy atom. The Bertz CT molecular complexity index is 896. The van der Waals surface area contributed by atoms with E-state index in [1.807, 2.05) is 43.3 Å². The number of nitrogens with one attached hydrogen (secondary N) is 1. The molecule has 33 heavy (non-hydrogen) atoms. The third-order valence-electron chi connectivity index (χ3n) is 6.03. The van der Waals surface area contributed by atoms with Crippen LogP contribution in [0.15, 0.2) is 53.0 Å². The molecule has 1 aliphatic carbocycles.